The largest absolute Gasteiger partial charge is 0.481 e. The van der Waals surface area contributed by atoms with Gasteiger partial charge in [0, 0.05) is 18.9 Å². The van der Waals surface area contributed by atoms with Gasteiger partial charge in [-0.3, -0.25) is 14.2 Å². The average molecular weight is 295 g/mol. The molecule has 20 heavy (non-hydrogen) atoms. The van der Waals surface area contributed by atoms with E-state index in [1.54, 1.807) is 19.2 Å². The number of benzene rings is 1. The molecule has 1 aromatic carbocycles. The number of sulfonamides is 1. The summed E-state index contributed by atoms with van der Waals surface area (Å²) in [6.07, 6.45) is 1.43. The minimum atomic E-state index is -3.73. The molecule has 0 fully saturated rings. The van der Waals surface area contributed by atoms with Crippen LogP contribution in [0.1, 0.15) is 5.56 Å². The van der Waals surface area contributed by atoms with Gasteiger partial charge in [-0.05, 0) is 23.8 Å². The summed E-state index contributed by atoms with van der Waals surface area (Å²) in [5, 5.41) is 12.4. The van der Waals surface area contributed by atoms with E-state index in [1.165, 1.54) is 29.1 Å². The molecule has 0 amide bonds. The molecule has 0 aliphatic heterocycles. The Bertz CT molecular complexity index is 719. The maximum atomic E-state index is 12.0. The maximum absolute atomic E-state index is 12.0. The van der Waals surface area contributed by atoms with Gasteiger partial charge in [-0.2, -0.15) is 13.5 Å². The number of aromatic nitrogens is 2. The molecule has 0 aliphatic carbocycles. The standard InChI is InChI=1S/C12H13N3O4S/c1-15-7-6-11(13-15)20(18,19)14-10-4-2-9(3-5-10)8-12(16)17/h2-7,14H,8H2,1H3,(H,16,17). The molecule has 2 rings (SSSR count). The lowest BCUT2D eigenvalue weighted by atomic mass is 10.1. The fourth-order valence-corrected chi connectivity index (χ4v) is 2.64. The summed E-state index contributed by atoms with van der Waals surface area (Å²) < 4.78 is 27.8. The van der Waals surface area contributed by atoms with Crippen molar-refractivity contribution in [3.8, 4) is 0 Å². The zero-order valence-electron chi connectivity index (χ0n) is 10.6. The van der Waals surface area contributed by atoms with Crippen molar-refractivity contribution in [3.63, 3.8) is 0 Å². The topological polar surface area (TPSA) is 101 Å². The minimum absolute atomic E-state index is 0.0744. The van der Waals surface area contributed by atoms with Crippen LogP contribution in [0.5, 0.6) is 0 Å². The van der Waals surface area contributed by atoms with Crippen molar-refractivity contribution in [1.82, 2.24) is 9.78 Å². The van der Waals surface area contributed by atoms with E-state index in [2.05, 4.69) is 9.82 Å². The van der Waals surface area contributed by atoms with Crippen LogP contribution in [0.4, 0.5) is 5.69 Å². The number of nitrogens with one attached hydrogen (secondary N) is 1. The predicted molar refractivity (Wildman–Crippen MR) is 71.8 cm³/mol. The molecule has 0 saturated heterocycles. The number of hydrogen-bond acceptors (Lipinski definition) is 4. The fourth-order valence-electron chi connectivity index (χ4n) is 1.61. The average Bonchev–Trinajstić information content (AvgIpc) is 2.78. The Morgan fingerprint density at radius 1 is 1.30 bits per heavy atom. The molecule has 0 atom stereocenters. The first-order valence-corrected chi connectivity index (χ1v) is 7.18. The molecule has 2 N–H and O–H groups in total. The fraction of sp³-hybridized carbons (Fsp3) is 0.167. The molecule has 0 saturated carbocycles. The van der Waals surface area contributed by atoms with E-state index >= 15 is 0 Å². The molecule has 0 bridgehead atoms. The number of rotatable bonds is 5. The number of aliphatic carboxylic acids is 1. The Morgan fingerprint density at radius 2 is 1.95 bits per heavy atom. The number of carboxylic acids is 1. The first-order valence-electron chi connectivity index (χ1n) is 5.70. The first-order chi connectivity index (χ1) is 9.37. The Balaban J connectivity index is 2.15. The van der Waals surface area contributed by atoms with E-state index in [4.69, 9.17) is 5.11 Å². The number of aryl methyl sites for hydroxylation is 1. The summed E-state index contributed by atoms with van der Waals surface area (Å²) in [7, 11) is -2.10. The monoisotopic (exact) mass is 295 g/mol. The molecular formula is C12H13N3O4S. The summed E-state index contributed by atoms with van der Waals surface area (Å²) in [4.78, 5) is 10.5. The van der Waals surface area contributed by atoms with Crippen LogP contribution in [0.3, 0.4) is 0 Å². The highest BCUT2D eigenvalue weighted by Crippen LogP contribution is 2.15. The molecule has 106 valence electrons. The van der Waals surface area contributed by atoms with Crippen LogP contribution in [-0.4, -0.2) is 29.3 Å². The molecule has 1 aromatic heterocycles. The molecule has 0 aliphatic rings. The van der Waals surface area contributed by atoms with Crippen LogP contribution in [0.2, 0.25) is 0 Å². The molecule has 0 unspecified atom stereocenters. The van der Waals surface area contributed by atoms with Gasteiger partial charge >= 0.3 is 5.97 Å². The van der Waals surface area contributed by atoms with Crippen molar-refractivity contribution in [2.75, 3.05) is 4.72 Å². The highest BCUT2D eigenvalue weighted by atomic mass is 32.2. The summed E-state index contributed by atoms with van der Waals surface area (Å²) in [5.74, 6) is -0.938. The van der Waals surface area contributed by atoms with Crippen LogP contribution >= 0.6 is 0 Å². The highest BCUT2D eigenvalue weighted by molar-refractivity contribution is 7.92. The Labute approximate surface area is 115 Å². The lowest BCUT2D eigenvalue weighted by molar-refractivity contribution is -0.136. The van der Waals surface area contributed by atoms with E-state index in [1.807, 2.05) is 0 Å². The highest BCUT2D eigenvalue weighted by Gasteiger charge is 2.17. The first kappa shape index (κ1) is 14.1. The van der Waals surface area contributed by atoms with Crippen LogP contribution in [-0.2, 0) is 28.3 Å². The molecule has 0 radical (unpaired) electrons. The molecule has 7 nitrogen and oxygen atoms in total. The zero-order chi connectivity index (χ0) is 14.8. The minimum Gasteiger partial charge on any atom is -0.481 e. The van der Waals surface area contributed by atoms with Gasteiger partial charge in [0.15, 0.2) is 5.03 Å². The van der Waals surface area contributed by atoms with Gasteiger partial charge < -0.3 is 5.11 Å². The molecule has 8 heteroatoms. The van der Waals surface area contributed by atoms with Crippen LogP contribution in [0.15, 0.2) is 41.6 Å². The van der Waals surface area contributed by atoms with Crippen molar-refractivity contribution >= 4 is 21.7 Å². The van der Waals surface area contributed by atoms with Gasteiger partial charge in [-0.15, -0.1) is 0 Å². The number of carboxylic acid groups (broad SMARTS) is 1. The summed E-state index contributed by atoms with van der Waals surface area (Å²) >= 11 is 0. The van der Waals surface area contributed by atoms with Gasteiger partial charge in [-0.1, -0.05) is 12.1 Å². The normalized spacial score (nSPS) is 11.2. The van der Waals surface area contributed by atoms with Crippen molar-refractivity contribution in [1.29, 1.82) is 0 Å². The van der Waals surface area contributed by atoms with Gasteiger partial charge in [0.25, 0.3) is 10.0 Å². The number of anilines is 1. The van der Waals surface area contributed by atoms with Gasteiger partial charge in [0.1, 0.15) is 0 Å². The van der Waals surface area contributed by atoms with Gasteiger partial charge in [-0.25, -0.2) is 0 Å². The van der Waals surface area contributed by atoms with Gasteiger partial charge in [0.05, 0.1) is 6.42 Å². The number of hydrogen-bond donors (Lipinski definition) is 2. The lowest BCUT2D eigenvalue weighted by Gasteiger charge is -2.06. The Morgan fingerprint density at radius 3 is 2.45 bits per heavy atom. The van der Waals surface area contributed by atoms with E-state index in [-0.39, 0.29) is 11.4 Å². The van der Waals surface area contributed by atoms with Crippen LogP contribution in [0.25, 0.3) is 0 Å². The third-order valence-corrected chi connectivity index (χ3v) is 3.80. The molecule has 2 aromatic rings. The molecule has 1 heterocycles. The SMILES string of the molecule is Cn1ccc(S(=O)(=O)Nc2ccc(CC(=O)O)cc2)n1. The van der Waals surface area contributed by atoms with Crippen LogP contribution in [0, 0.1) is 0 Å². The van der Waals surface area contributed by atoms with E-state index in [9.17, 15) is 13.2 Å². The van der Waals surface area contributed by atoms with Gasteiger partial charge in [0.2, 0.25) is 0 Å². The van der Waals surface area contributed by atoms with Crippen LogP contribution < -0.4 is 4.72 Å². The third kappa shape index (κ3) is 3.35. The van der Waals surface area contributed by atoms with Crippen molar-refractivity contribution in [3.05, 3.63) is 42.1 Å². The number of nitrogens with zero attached hydrogens (tertiary/aromatic N) is 2. The van der Waals surface area contributed by atoms with E-state index in [0.29, 0.717) is 11.3 Å². The Hall–Kier alpha value is -2.35. The smallest absolute Gasteiger partial charge is 0.307 e. The second-order valence-corrected chi connectivity index (χ2v) is 5.83. The third-order valence-electron chi connectivity index (χ3n) is 2.53. The summed E-state index contributed by atoms with van der Waals surface area (Å²) in [6.45, 7) is 0. The van der Waals surface area contributed by atoms with Crippen molar-refractivity contribution < 1.29 is 18.3 Å². The molecular weight excluding hydrogens is 282 g/mol. The van der Waals surface area contributed by atoms with Crippen molar-refractivity contribution in [2.45, 2.75) is 11.4 Å². The summed E-state index contributed by atoms with van der Waals surface area (Å²) in [6, 6.07) is 7.54. The second kappa shape index (κ2) is 5.33. The zero-order valence-corrected chi connectivity index (χ0v) is 11.5. The number of carbonyl (C=O) groups is 1. The quantitative estimate of drug-likeness (QED) is 0.851. The summed E-state index contributed by atoms with van der Waals surface area (Å²) in [5.41, 5.74) is 0.947. The van der Waals surface area contributed by atoms with E-state index < -0.39 is 16.0 Å². The van der Waals surface area contributed by atoms with E-state index in [0.717, 1.165) is 0 Å². The van der Waals surface area contributed by atoms with Crippen molar-refractivity contribution in [2.24, 2.45) is 7.05 Å². The predicted octanol–water partition coefficient (Wildman–Crippen LogP) is 0.848. The Kier molecular flexibility index (Phi) is 3.75. The lowest BCUT2D eigenvalue weighted by Crippen LogP contribution is -2.14. The second-order valence-electron chi connectivity index (χ2n) is 4.20. The molecule has 0 spiro atoms. The maximum Gasteiger partial charge on any atom is 0.307 e.